The SMILES string of the molecule is CN1CCN(CCN(C)C(=O)c2cccc(C(=O)Nc3ccc(N4CCCCC4)cc3-c3cc(C(=O)N[C@H]4CCCc5ccccc54)ccn3)c2)CC1=O. The monoisotopic (exact) mass is 727 g/mol. The summed E-state index contributed by atoms with van der Waals surface area (Å²) in [5.41, 5.74) is 6.58. The van der Waals surface area contributed by atoms with Crippen molar-refractivity contribution in [3.8, 4) is 11.3 Å². The molecule has 4 aromatic rings. The summed E-state index contributed by atoms with van der Waals surface area (Å²) in [5, 5.41) is 6.34. The van der Waals surface area contributed by atoms with E-state index in [1.54, 1.807) is 66.5 Å². The number of aryl methyl sites for hydroxylation is 1. The van der Waals surface area contributed by atoms with Crippen LogP contribution in [0.4, 0.5) is 11.4 Å². The Morgan fingerprint density at radius 2 is 1.63 bits per heavy atom. The number of hydrogen-bond acceptors (Lipinski definition) is 7. The fourth-order valence-corrected chi connectivity index (χ4v) is 7.67. The number of rotatable bonds is 10. The van der Waals surface area contributed by atoms with E-state index in [1.807, 2.05) is 30.3 Å². The Morgan fingerprint density at radius 1 is 0.833 bits per heavy atom. The second-order valence-electron chi connectivity index (χ2n) is 14.7. The summed E-state index contributed by atoms with van der Waals surface area (Å²) in [6.45, 7) is 4.73. The third kappa shape index (κ3) is 8.47. The molecule has 4 amide bonds. The molecule has 11 heteroatoms. The van der Waals surface area contributed by atoms with Crippen LogP contribution in [0.3, 0.4) is 0 Å². The molecule has 3 heterocycles. The molecule has 0 unspecified atom stereocenters. The van der Waals surface area contributed by atoms with Gasteiger partial charge in [-0.05, 0) is 98.2 Å². The summed E-state index contributed by atoms with van der Waals surface area (Å²) in [6, 6.07) is 24.5. The van der Waals surface area contributed by atoms with Gasteiger partial charge in [-0.3, -0.25) is 29.1 Å². The van der Waals surface area contributed by atoms with E-state index in [0.29, 0.717) is 59.8 Å². The first-order valence-electron chi connectivity index (χ1n) is 19.1. The maximum absolute atomic E-state index is 13.8. The second kappa shape index (κ2) is 16.6. The molecule has 1 aromatic heterocycles. The molecule has 280 valence electrons. The molecule has 1 atom stereocenters. The lowest BCUT2D eigenvalue weighted by Gasteiger charge is -2.32. The summed E-state index contributed by atoms with van der Waals surface area (Å²) in [6.07, 6.45) is 8.00. The van der Waals surface area contributed by atoms with Gasteiger partial charge in [0.05, 0.1) is 24.0 Å². The smallest absolute Gasteiger partial charge is 0.255 e. The van der Waals surface area contributed by atoms with Crippen LogP contribution in [0, 0.1) is 0 Å². The van der Waals surface area contributed by atoms with Crippen LogP contribution in [0.2, 0.25) is 0 Å². The lowest BCUT2D eigenvalue weighted by Crippen LogP contribution is -2.50. The summed E-state index contributed by atoms with van der Waals surface area (Å²) in [4.78, 5) is 65.5. The molecule has 1 aliphatic carbocycles. The lowest BCUT2D eigenvalue weighted by molar-refractivity contribution is -0.134. The summed E-state index contributed by atoms with van der Waals surface area (Å²) < 4.78 is 0. The maximum Gasteiger partial charge on any atom is 0.255 e. The molecule has 3 aromatic carbocycles. The molecule has 2 saturated heterocycles. The zero-order valence-electron chi connectivity index (χ0n) is 31.2. The molecule has 54 heavy (non-hydrogen) atoms. The minimum atomic E-state index is -0.361. The van der Waals surface area contributed by atoms with Crippen molar-refractivity contribution in [1.29, 1.82) is 0 Å². The number of anilines is 2. The van der Waals surface area contributed by atoms with Crippen molar-refractivity contribution in [2.24, 2.45) is 0 Å². The molecule has 3 aliphatic rings. The summed E-state index contributed by atoms with van der Waals surface area (Å²) in [5.74, 6) is -0.650. The van der Waals surface area contributed by atoms with Gasteiger partial charge in [0.1, 0.15) is 0 Å². The van der Waals surface area contributed by atoms with Gasteiger partial charge in [0.15, 0.2) is 0 Å². The highest BCUT2D eigenvalue weighted by molar-refractivity contribution is 6.08. The highest BCUT2D eigenvalue weighted by Gasteiger charge is 2.24. The van der Waals surface area contributed by atoms with Gasteiger partial charge in [-0.15, -0.1) is 0 Å². The number of pyridine rings is 1. The summed E-state index contributed by atoms with van der Waals surface area (Å²) in [7, 11) is 3.54. The van der Waals surface area contributed by atoms with Crippen LogP contribution in [-0.4, -0.2) is 103 Å². The largest absolute Gasteiger partial charge is 0.372 e. The number of amides is 4. The third-order valence-corrected chi connectivity index (χ3v) is 11.0. The number of hydrogen-bond donors (Lipinski definition) is 2. The van der Waals surface area contributed by atoms with Crippen LogP contribution in [0.5, 0.6) is 0 Å². The fraction of sp³-hybridized carbons (Fsp3) is 0.372. The van der Waals surface area contributed by atoms with E-state index in [4.69, 9.17) is 4.98 Å². The zero-order chi connectivity index (χ0) is 37.6. The van der Waals surface area contributed by atoms with Crippen molar-refractivity contribution < 1.29 is 19.2 Å². The number of benzene rings is 3. The first-order chi connectivity index (χ1) is 26.2. The summed E-state index contributed by atoms with van der Waals surface area (Å²) >= 11 is 0. The minimum Gasteiger partial charge on any atom is -0.372 e. The van der Waals surface area contributed by atoms with E-state index < -0.39 is 0 Å². The molecular formula is C43H49N7O4. The van der Waals surface area contributed by atoms with Gasteiger partial charge >= 0.3 is 0 Å². The third-order valence-electron chi connectivity index (χ3n) is 11.0. The van der Waals surface area contributed by atoms with Crippen LogP contribution in [0.1, 0.15) is 80.3 Å². The molecule has 11 nitrogen and oxygen atoms in total. The topological polar surface area (TPSA) is 118 Å². The van der Waals surface area contributed by atoms with Crippen molar-refractivity contribution >= 4 is 35.0 Å². The molecule has 2 fully saturated rings. The number of fused-ring (bicyclic) bond motifs is 1. The molecule has 2 aliphatic heterocycles. The number of nitrogens with one attached hydrogen (secondary N) is 2. The molecule has 0 radical (unpaired) electrons. The van der Waals surface area contributed by atoms with Gasteiger partial charge in [-0.2, -0.15) is 0 Å². The fourth-order valence-electron chi connectivity index (χ4n) is 7.67. The van der Waals surface area contributed by atoms with Crippen LogP contribution in [-0.2, 0) is 11.2 Å². The van der Waals surface area contributed by atoms with Gasteiger partial charge in [0, 0.05) is 87.5 Å². The molecule has 0 saturated carbocycles. The van der Waals surface area contributed by atoms with Crippen molar-refractivity contribution in [3.05, 3.63) is 113 Å². The van der Waals surface area contributed by atoms with Gasteiger partial charge < -0.3 is 25.3 Å². The highest BCUT2D eigenvalue weighted by atomic mass is 16.2. The first kappa shape index (κ1) is 36.8. The Bertz CT molecular complexity index is 2030. The number of piperazine rings is 1. The zero-order valence-corrected chi connectivity index (χ0v) is 31.2. The number of carbonyl (C=O) groups excluding carboxylic acids is 4. The van der Waals surface area contributed by atoms with Crippen molar-refractivity contribution in [2.45, 2.75) is 44.6 Å². The molecule has 0 bridgehead atoms. The molecule has 7 rings (SSSR count). The molecule has 0 spiro atoms. The minimum absolute atomic E-state index is 0.0543. The molecular weight excluding hydrogens is 679 g/mol. The Hall–Kier alpha value is -5.55. The van der Waals surface area contributed by atoms with Crippen LogP contribution in [0.15, 0.2) is 85.1 Å². The van der Waals surface area contributed by atoms with Crippen LogP contribution in [0.25, 0.3) is 11.3 Å². The van der Waals surface area contributed by atoms with Gasteiger partial charge in [0.25, 0.3) is 17.7 Å². The van der Waals surface area contributed by atoms with E-state index in [0.717, 1.165) is 57.4 Å². The average Bonchev–Trinajstić information content (AvgIpc) is 3.21. The van der Waals surface area contributed by atoms with Crippen molar-refractivity contribution in [3.63, 3.8) is 0 Å². The Balaban J connectivity index is 1.09. The number of carbonyl (C=O) groups is 4. The maximum atomic E-state index is 13.8. The predicted octanol–water partition coefficient (Wildman–Crippen LogP) is 5.64. The predicted molar refractivity (Wildman–Crippen MR) is 211 cm³/mol. The van der Waals surface area contributed by atoms with Crippen LogP contribution >= 0.6 is 0 Å². The van der Waals surface area contributed by atoms with E-state index in [1.165, 1.54) is 17.5 Å². The van der Waals surface area contributed by atoms with Crippen molar-refractivity contribution in [1.82, 2.24) is 25.0 Å². The normalized spacial score (nSPS) is 17.4. The van der Waals surface area contributed by atoms with E-state index >= 15 is 0 Å². The standard InChI is InChI=1S/C43H49N7O4/c1-47-22-24-49(29-40(47)51)25-23-48(2)43(54)33-13-8-12-31(26-33)41(52)46-38-17-16-34(50-20-6-3-7-21-50)28-36(38)39-27-32(18-19-44-39)42(53)45-37-15-9-11-30-10-4-5-14-35(30)37/h4-5,8,10,12-14,16-19,26-28,37H,3,6-7,9,11,15,20-25,29H2,1-2H3,(H,45,53)(H,46,52)/t37-/m0/s1. The molecule has 2 N–H and O–H groups in total. The van der Waals surface area contributed by atoms with Gasteiger partial charge in [-0.1, -0.05) is 30.3 Å². The number of piperidine rings is 1. The van der Waals surface area contributed by atoms with Crippen molar-refractivity contribution in [2.75, 3.05) is 70.1 Å². The lowest BCUT2D eigenvalue weighted by atomic mass is 9.87. The van der Waals surface area contributed by atoms with E-state index in [-0.39, 0.29) is 29.7 Å². The van der Waals surface area contributed by atoms with Gasteiger partial charge in [-0.25, -0.2) is 0 Å². The second-order valence-corrected chi connectivity index (χ2v) is 14.7. The first-order valence-corrected chi connectivity index (χ1v) is 19.1. The highest BCUT2D eigenvalue weighted by Crippen LogP contribution is 2.34. The Labute approximate surface area is 317 Å². The average molecular weight is 728 g/mol. The quantitative estimate of drug-likeness (QED) is 0.217. The number of likely N-dealkylation sites (N-methyl/N-ethyl adjacent to an activating group) is 2. The van der Waals surface area contributed by atoms with E-state index in [9.17, 15) is 19.2 Å². The number of nitrogens with zero attached hydrogens (tertiary/aromatic N) is 5. The van der Waals surface area contributed by atoms with E-state index in [2.05, 4.69) is 32.6 Å². The number of aromatic nitrogens is 1. The Kier molecular flexibility index (Phi) is 11.3. The Morgan fingerprint density at radius 3 is 2.46 bits per heavy atom. The van der Waals surface area contributed by atoms with Gasteiger partial charge in [0.2, 0.25) is 5.91 Å². The van der Waals surface area contributed by atoms with Crippen LogP contribution < -0.4 is 15.5 Å².